The van der Waals surface area contributed by atoms with E-state index in [-0.39, 0.29) is 11.7 Å². The Bertz CT molecular complexity index is 746. The number of anilines is 1. The van der Waals surface area contributed by atoms with Crippen LogP contribution in [0.3, 0.4) is 0 Å². The van der Waals surface area contributed by atoms with Crippen LogP contribution in [0.15, 0.2) is 36.5 Å². The van der Waals surface area contributed by atoms with Gasteiger partial charge in [-0.2, -0.15) is 13.2 Å². The molecule has 2 rings (SSSR count). The zero-order valence-electron chi connectivity index (χ0n) is 14.4. The molecule has 1 aromatic carbocycles. The van der Waals surface area contributed by atoms with Gasteiger partial charge in [-0.1, -0.05) is 13.8 Å². The Labute approximate surface area is 149 Å². The number of phenols is 1. The highest BCUT2D eigenvalue weighted by molar-refractivity contribution is 5.86. The number of carbonyl (C=O) groups excluding carboxylic acids is 1. The molecule has 0 aliphatic rings. The van der Waals surface area contributed by atoms with E-state index in [9.17, 15) is 23.1 Å². The number of rotatable bonds is 7. The van der Waals surface area contributed by atoms with E-state index in [2.05, 4.69) is 15.3 Å². The second kappa shape index (κ2) is 8.16. The highest BCUT2D eigenvalue weighted by Crippen LogP contribution is 2.24. The normalized spacial score (nSPS) is 12.8. The predicted molar refractivity (Wildman–Crippen MR) is 91.7 cm³/mol. The number of benzene rings is 1. The summed E-state index contributed by atoms with van der Waals surface area (Å²) in [5, 5.41) is 12.3. The van der Waals surface area contributed by atoms with Crippen LogP contribution in [0.5, 0.6) is 5.75 Å². The van der Waals surface area contributed by atoms with Gasteiger partial charge in [0, 0.05) is 18.2 Å². The molecule has 0 unspecified atom stereocenters. The molecule has 0 spiro atoms. The highest BCUT2D eigenvalue weighted by Gasteiger charge is 2.31. The van der Waals surface area contributed by atoms with Crippen molar-refractivity contribution in [2.24, 2.45) is 5.92 Å². The van der Waals surface area contributed by atoms with Crippen LogP contribution in [0.1, 0.15) is 26.7 Å². The minimum absolute atomic E-state index is 0.109. The standard InChI is InChI=1S/C18H20F3N3O2/c1-11(2)16(14(26)7-9-18(19,20)21)23-15-8-10-22-17(24-15)12-3-5-13(25)6-4-12/h3-6,8,10-11,16,25H,7,9H2,1-2H3,(H,22,23,24)/t16-/m1/s1. The summed E-state index contributed by atoms with van der Waals surface area (Å²) in [7, 11) is 0. The van der Waals surface area contributed by atoms with Gasteiger partial charge in [-0.3, -0.25) is 4.79 Å². The van der Waals surface area contributed by atoms with E-state index in [0.717, 1.165) is 0 Å². The van der Waals surface area contributed by atoms with Gasteiger partial charge in [0.1, 0.15) is 11.6 Å². The van der Waals surface area contributed by atoms with Crippen molar-refractivity contribution in [3.05, 3.63) is 36.5 Å². The zero-order chi connectivity index (χ0) is 19.3. The highest BCUT2D eigenvalue weighted by atomic mass is 19.4. The van der Waals surface area contributed by atoms with Gasteiger partial charge < -0.3 is 10.4 Å². The van der Waals surface area contributed by atoms with E-state index in [0.29, 0.717) is 17.2 Å². The molecule has 0 radical (unpaired) electrons. The lowest BCUT2D eigenvalue weighted by Crippen LogP contribution is -2.35. The van der Waals surface area contributed by atoms with Crippen molar-refractivity contribution in [2.75, 3.05) is 5.32 Å². The Kier molecular flexibility index (Phi) is 6.18. The molecule has 0 amide bonds. The number of aromatic hydroxyl groups is 1. The number of Topliss-reactive ketones (excluding diaryl/α,β-unsaturated/α-hetero) is 1. The average Bonchev–Trinajstić information content (AvgIpc) is 2.57. The maximum absolute atomic E-state index is 12.4. The lowest BCUT2D eigenvalue weighted by molar-refractivity contribution is -0.143. The molecule has 0 saturated heterocycles. The average molecular weight is 367 g/mol. The second-order valence-corrected chi connectivity index (χ2v) is 6.26. The van der Waals surface area contributed by atoms with Crippen LogP contribution >= 0.6 is 0 Å². The number of hydrogen-bond donors (Lipinski definition) is 2. The molecule has 0 aliphatic heterocycles. The Hall–Kier alpha value is -2.64. The number of carbonyl (C=O) groups is 1. The minimum atomic E-state index is -4.36. The number of phenolic OH excluding ortho intramolecular Hbond substituents is 1. The van der Waals surface area contributed by atoms with Crippen molar-refractivity contribution in [1.82, 2.24) is 9.97 Å². The molecule has 2 aromatic rings. The Balaban J connectivity index is 2.15. The van der Waals surface area contributed by atoms with Gasteiger partial charge in [-0.15, -0.1) is 0 Å². The zero-order valence-corrected chi connectivity index (χ0v) is 14.4. The molecule has 140 valence electrons. The summed E-state index contributed by atoms with van der Waals surface area (Å²) >= 11 is 0. The fourth-order valence-corrected chi connectivity index (χ4v) is 2.39. The van der Waals surface area contributed by atoms with Gasteiger partial charge in [0.15, 0.2) is 11.6 Å². The van der Waals surface area contributed by atoms with Gasteiger partial charge in [0.05, 0.1) is 12.5 Å². The first-order chi connectivity index (χ1) is 12.2. The summed E-state index contributed by atoms with van der Waals surface area (Å²) in [6.07, 6.45) is -4.58. The van der Waals surface area contributed by atoms with Crippen LogP contribution < -0.4 is 5.32 Å². The molecule has 2 N–H and O–H groups in total. The molecule has 1 heterocycles. The minimum Gasteiger partial charge on any atom is -0.508 e. The summed E-state index contributed by atoms with van der Waals surface area (Å²) in [6, 6.07) is 7.05. The number of nitrogens with one attached hydrogen (secondary N) is 1. The van der Waals surface area contributed by atoms with Gasteiger partial charge >= 0.3 is 6.18 Å². The fraction of sp³-hybridized carbons (Fsp3) is 0.389. The summed E-state index contributed by atoms with van der Waals surface area (Å²) in [5.74, 6) is 0.116. The van der Waals surface area contributed by atoms with E-state index in [4.69, 9.17) is 0 Å². The van der Waals surface area contributed by atoms with Crippen molar-refractivity contribution in [3.8, 4) is 17.1 Å². The van der Waals surface area contributed by atoms with Crippen LogP contribution in [-0.4, -0.2) is 33.1 Å². The fourth-order valence-electron chi connectivity index (χ4n) is 2.39. The number of ketones is 1. The lowest BCUT2D eigenvalue weighted by atomic mass is 9.97. The Morgan fingerprint density at radius 1 is 1.19 bits per heavy atom. The number of aromatic nitrogens is 2. The first kappa shape index (κ1) is 19.7. The van der Waals surface area contributed by atoms with E-state index >= 15 is 0 Å². The van der Waals surface area contributed by atoms with Crippen LogP contribution in [0, 0.1) is 5.92 Å². The topological polar surface area (TPSA) is 75.1 Å². The number of alkyl halides is 3. The second-order valence-electron chi connectivity index (χ2n) is 6.26. The molecule has 1 atom stereocenters. The summed E-state index contributed by atoms with van der Waals surface area (Å²) < 4.78 is 37.1. The molecule has 8 heteroatoms. The molecule has 5 nitrogen and oxygen atoms in total. The van der Waals surface area contributed by atoms with Gasteiger partial charge in [0.25, 0.3) is 0 Å². The van der Waals surface area contributed by atoms with E-state index < -0.39 is 30.8 Å². The van der Waals surface area contributed by atoms with Crippen molar-refractivity contribution in [2.45, 2.75) is 38.9 Å². The van der Waals surface area contributed by atoms with E-state index in [1.165, 1.54) is 18.3 Å². The van der Waals surface area contributed by atoms with Gasteiger partial charge in [-0.25, -0.2) is 9.97 Å². The summed E-state index contributed by atoms with van der Waals surface area (Å²) in [5.41, 5.74) is 0.663. The van der Waals surface area contributed by atoms with Crippen molar-refractivity contribution in [1.29, 1.82) is 0 Å². The smallest absolute Gasteiger partial charge is 0.389 e. The molecule has 26 heavy (non-hydrogen) atoms. The molecule has 0 fully saturated rings. The van der Waals surface area contributed by atoms with Crippen LogP contribution in [0.25, 0.3) is 11.4 Å². The SMILES string of the molecule is CC(C)[C@@H](Nc1ccnc(-c2ccc(O)cc2)n1)C(=O)CCC(F)(F)F. The van der Waals surface area contributed by atoms with Gasteiger partial charge in [0.2, 0.25) is 0 Å². The van der Waals surface area contributed by atoms with Crippen molar-refractivity contribution < 1.29 is 23.1 Å². The van der Waals surface area contributed by atoms with Gasteiger partial charge in [-0.05, 0) is 36.2 Å². The van der Waals surface area contributed by atoms with E-state index in [1.807, 2.05) is 0 Å². The molecule has 1 aromatic heterocycles. The largest absolute Gasteiger partial charge is 0.508 e. The maximum atomic E-state index is 12.4. The van der Waals surface area contributed by atoms with Crippen molar-refractivity contribution in [3.63, 3.8) is 0 Å². The predicted octanol–water partition coefficient (Wildman–Crippen LogP) is 4.20. The molecular weight excluding hydrogens is 347 g/mol. The number of hydrogen-bond acceptors (Lipinski definition) is 5. The quantitative estimate of drug-likeness (QED) is 0.767. The first-order valence-corrected chi connectivity index (χ1v) is 8.14. The van der Waals surface area contributed by atoms with Crippen LogP contribution in [-0.2, 0) is 4.79 Å². The molecular formula is C18H20F3N3O2. The molecule has 0 saturated carbocycles. The first-order valence-electron chi connectivity index (χ1n) is 8.14. The maximum Gasteiger partial charge on any atom is 0.389 e. The number of halogens is 3. The van der Waals surface area contributed by atoms with Crippen LogP contribution in [0.4, 0.5) is 19.0 Å². The third kappa shape index (κ3) is 5.72. The summed E-state index contributed by atoms with van der Waals surface area (Å²) in [4.78, 5) is 20.6. The summed E-state index contributed by atoms with van der Waals surface area (Å²) in [6.45, 7) is 3.51. The Morgan fingerprint density at radius 2 is 1.85 bits per heavy atom. The third-order valence-corrected chi connectivity index (χ3v) is 3.75. The van der Waals surface area contributed by atoms with E-state index in [1.54, 1.807) is 32.0 Å². The number of nitrogens with zero attached hydrogens (tertiary/aromatic N) is 2. The molecule has 0 aliphatic carbocycles. The third-order valence-electron chi connectivity index (χ3n) is 3.75. The molecule has 0 bridgehead atoms. The van der Waals surface area contributed by atoms with Crippen LogP contribution in [0.2, 0.25) is 0 Å². The lowest BCUT2D eigenvalue weighted by Gasteiger charge is -2.22. The van der Waals surface area contributed by atoms with Crippen molar-refractivity contribution >= 4 is 11.6 Å². The monoisotopic (exact) mass is 367 g/mol. The Morgan fingerprint density at radius 3 is 2.42 bits per heavy atom.